The van der Waals surface area contributed by atoms with E-state index in [-0.39, 0.29) is 12.5 Å². The SMILES string of the molecule is COc1ccc(Br)c(/C=N/NC(=O)COc2ccc(C(C)C)cc2)c1. The summed E-state index contributed by atoms with van der Waals surface area (Å²) in [7, 11) is 1.59. The molecule has 2 rings (SSSR count). The number of benzene rings is 2. The first-order chi connectivity index (χ1) is 12.0. The van der Waals surface area contributed by atoms with Crippen molar-refractivity contribution in [2.24, 2.45) is 5.10 Å². The number of halogens is 1. The second-order valence-electron chi connectivity index (χ2n) is 5.69. The molecule has 6 heteroatoms. The van der Waals surface area contributed by atoms with E-state index in [1.807, 2.05) is 42.5 Å². The van der Waals surface area contributed by atoms with Crippen LogP contribution in [0, 0.1) is 0 Å². The molecule has 0 saturated heterocycles. The van der Waals surface area contributed by atoms with Gasteiger partial charge in [-0.25, -0.2) is 5.43 Å². The Labute approximate surface area is 156 Å². The van der Waals surface area contributed by atoms with Crippen molar-refractivity contribution in [2.75, 3.05) is 13.7 Å². The number of hydrogen-bond donors (Lipinski definition) is 1. The van der Waals surface area contributed by atoms with Gasteiger partial charge in [-0.2, -0.15) is 5.10 Å². The molecule has 132 valence electrons. The standard InChI is InChI=1S/C19H21BrN2O3/c1-13(2)14-4-6-16(7-5-14)25-12-19(23)22-21-11-15-10-17(24-3)8-9-18(15)20/h4-11,13H,12H2,1-3H3,(H,22,23)/b21-11+. The first-order valence-electron chi connectivity index (χ1n) is 7.88. The van der Waals surface area contributed by atoms with E-state index in [0.29, 0.717) is 17.4 Å². The van der Waals surface area contributed by atoms with Crippen molar-refractivity contribution in [1.29, 1.82) is 0 Å². The molecule has 0 aliphatic rings. The van der Waals surface area contributed by atoms with E-state index >= 15 is 0 Å². The molecule has 0 unspecified atom stereocenters. The lowest BCUT2D eigenvalue weighted by atomic mass is 10.0. The van der Waals surface area contributed by atoms with Crippen LogP contribution >= 0.6 is 15.9 Å². The summed E-state index contributed by atoms with van der Waals surface area (Å²) in [4.78, 5) is 11.8. The molecule has 0 heterocycles. The van der Waals surface area contributed by atoms with Crippen LogP contribution in [0.25, 0.3) is 0 Å². The highest BCUT2D eigenvalue weighted by atomic mass is 79.9. The summed E-state index contributed by atoms with van der Waals surface area (Å²) in [6.07, 6.45) is 1.54. The average Bonchev–Trinajstić information content (AvgIpc) is 2.62. The van der Waals surface area contributed by atoms with Gasteiger partial charge in [-0.05, 0) is 41.8 Å². The van der Waals surface area contributed by atoms with Crippen LogP contribution in [0.3, 0.4) is 0 Å². The van der Waals surface area contributed by atoms with Crippen LogP contribution in [0.15, 0.2) is 52.0 Å². The topological polar surface area (TPSA) is 59.9 Å². The van der Waals surface area contributed by atoms with Gasteiger partial charge in [-0.1, -0.05) is 41.9 Å². The summed E-state index contributed by atoms with van der Waals surface area (Å²) in [5, 5.41) is 3.94. The summed E-state index contributed by atoms with van der Waals surface area (Å²) in [5.74, 6) is 1.49. The molecule has 0 radical (unpaired) electrons. The molecule has 2 aromatic carbocycles. The Morgan fingerprint density at radius 3 is 2.52 bits per heavy atom. The normalized spacial score (nSPS) is 10.9. The third-order valence-electron chi connectivity index (χ3n) is 3.51. The Kier molecular flexibility index (Phi) is 7.01. The van der Waals surface area contributed by atoms with Crippen LogP contribution in [-0.2, 0) is 4.79 Å². The fourth-order valence-corrected chi connectivity index (χ4v) is 2.40. The summed E-state index contributed by atoms with van der Waals surface area (Å²) >= 11 is 3.42. The van der Waals surface area contributed by atoms with Gasteiger partial charge in [-0.15, -0.1) is 0 Å². The molecule has 0 saturated carbocycles. The smallest absolute Gasteiger partial charge is 0.277 e. The van der Waals surface area contributed by atoms with Gasteiger partial charge >= 0.3 is 0 Å². The van der Waals surface area contributed by atoms with Gasteiger partial charge in [-0.3, -0.25) is 4.79 Å². The van der Waals surface area contributed by atoms with Crippen molar-refractivity contribution < 1.29 is 14.3 Å². The molecule has 0 aromatic heterocycles. The fourth-order valence-electron chi connectivity index (χ4n) is 2.05. The Balaban J connectivity index is 1.84. The van der Waals surface area contributed by atoms with Crippen molar-refractivity contribution in [1.82, 2.24) is 5.43 Å². The highest BCUT2D eigenvalue weighted by Gasteiger charge is 2.04. The Hall–Kier alpha value is -2.34. The van der Waals surface area contributed by atoms with Crippen LogP contribution < -0.4 is 14.9 Å². The number of methoxy groups -OCH3 is 1. The highest BCUT2D eigenvalue weighted by Crippen LogP contribution is 2.21. The van der Waals surface area contributed by atoms with Gasteiger partial charge in [0.25, 0.3) is 5.91 Å². The van der Waals surface area contributed by atoms with Crippen LogP contribution in [0.1, 0.15) is 30.9 Å². The quantitative estimate of drug-likeness (QED) is 0.557. The summed E-state index contributed by atoms with van der Waals surface area (Å²) < 4.78 is 11.5. The zero-order chi connectivity index (χ0) is 18.2. The minimum Gasteiger partial charge on any atom is -0.497 e. The van der Waals surface area contributed by atoms with Crippen molar-refractivity contribution >= 4 is 28.1 Å². The zero-order valence-corrected chi connectivity index (χ0v) is 16.0. The monoisotopic (exact) mass is 404 g/mol. The van der Waals surface area contributed by atoms with Crippen LogP contribution in [-0.4, -0.2) is 25.8 Å². The molecule has 0 atom stereocenters. The largest absolute Gasteiger partial charge is 0.497 e. The van der Waals surface area contributed by atoms with Crippen LogP contribution in [0.4, 0.5) is 0 Å². The molecule has 0 aliphatic heterocycles. The lowest BCUT2D eigenvalue weighted by Gasteiger charge is -2.08. The lowest BCUT2D eigenvalue weighted by Crippen LogP contribution is -2.24. The zero-order valence-electron chi connectivity index (χ0n) is 14.5. The molecule has 0 aliphatic carbocycles. The molecule has 1 amide bonds. The maximum atomic E-state index is 11.8. The Bertz CT molecular complexity index is 743. The Morgan fingerprint density at radius 1 is 1.20 bits per heavy atom. The van der Waals surface area contributed by atoms with E-state index in [9.17, 15) is 4.79 Å². The van der Waals surface area contributed by atoms with Gasteiger partial charge in [0, 0.05) is 10.0 Å². The second-order valence-corrected chi connectivity index (χ2v) is 6.55. The second kappa shape index (κ2) is 9.22. The number of amides is 1. The van der Waals surface area contributed by atoms with Gasteiger partial charge in [0.2, 0.25) is 0 Å². The summed E-state index contributed by atoms with van der Waals surface area (Å²) in [6, 6.07) is 13.2. The van der Waals surface area contributed by atoms with Crippen molar-refractivity contribution in [3.63, 3.8) is 0 Å². The van der Waals surface area contributed by atoms with E-state index in [0.717, 1.165) is 10.0 Å². The molecule has 0 fully saturated rings. The third-order valence-corrected chi connectivity index (χ3v) is 4.23. The summed E-state index contributed by atoms with van der Waals surface area (Å²) in [6.45, 7) is 4.15. The molecule has 0 spiro atoms. The van der Waals surface area contributed by atoms with Crippen LogP contribution in [0.5, 0.6) is 11.5 Å². The number of hydrogen-bond acceptors (Lipinski definition) is 4. The molecular weight excluding hydrogens is 384 g/mol. The predicted octanol–water partition coefficient (Wildman–Crippen LogP) is 4.11. The number of nitrogens with one attached hydrogen (secondary N) is 1. The van der Waals surface area contributed by atoms with Gasteiger partial charge in [0.1, 0.15) is 11.5 Å². The number of carbonyl (C=O) groups is 1. The minimum atomic E-state index is -0.330. The molecule has 0 bridgehead atoms. The van der Waals surface area contributed by atoms with E-state index < -0.39 is 0 Å². The number of nitrogens with zero attached hydrogens (tertiary/aromatic N) is 1. The van der Waals surface area contributed by atoms with Crippen molar-refractivity contribution in [2.45, 2.75) is 19.8 Å². The number of hydrazone groups is 1. The summed E-state index contributed by atoms with van der Waals surface area (Å²) in [5.41, 5.74) is 4.46. The minimum absolute atomic E-state index is 0.0996. The molecule has 1 N–H and O–H groups in total. The van der Waals surface area contributed by atoms with E-state index in [1.165, 1.54) is 5.56 Å². The van der Waals surface area contributed by atoms with Crippen LogP contribution in [0.2, 0.25) is 0 Å². The Morgan fingerprint density at radius 2 is 1.88 bits per heavy atom. The van der Waals surface area contributed by atoms with Gasteiger partial charge in [0.05, 0.1) is 13.3 Å². The molecular formula is C19H21BrN2O3. The lowest BCUT2D eigenvalue weighted by molar-refractivity contribution is -0.123. The molecule has 5 nitrogen and oxygen atoms in total. The molecule has 2 aromatic rings. The van der Waals surface area contributed by atoms with E-state index in [2.05, 4.69) is 40.3 Å². The van der Waals surface area contributed by atoms with E-state index in [4.69, 9.17) is 9.47 Å². The van der Waals surface area contributed by atoms with Gasteiger partial charge < -0.3 is 9.47 Å². The van der Waals surface area contributed by atoms with Crippen molar-refractivity contribution in [3.05, 3.63) is 58.1 Å². The third kappa shape index (κ3) is 5.90. The van der Waals surface area contributed by atoms with Crippen molar-refractivity contribution in [3.8, 4) is 11.5 Å². The molecule has 25 heavy (non-hydrogen) atoms. The number of carbonyl (C=O) groups excluding carboxylic acids is 1. The average molecular weight is 405 g/mol. The highest BCUT2D eigenvalue weighted by molar-refractivity contribution is 9.10. The predicted molar refractivity (Wildman–Crippen MR) is 102 cm³/mol. The number of ether oxygens (including phenoxy) is 2. The maximum Gasteiger partial charge on any atom is 0.277 e. The first-order valence-corrected chi connectivity index (χ1v) is 8.67. The first kappa shape index (κ1) is 19.0. The van der Waals surface area contributed by atoms with Gasteiger partial charge in [0.15, 0.2) is 6.61 Å². The fraction of sp³-hybridized carbons (Fsp3) is 0.263. The maximum absolute atomic E-state index is 11.8. The number of rotatable bonds is 7. The van der Waals surface area contributed by atoms with E-state index in [1.54, 1.807) is 13.3 Å².